The van der Waals surface area contributed by atoms with Gasteiger partial charge in [0.2, 0.25) is 0 Å². The van der Waals surface area contributed by atoms with Gasteiger partial charge in [-0.1, -0.05) is 0 Å². The Labute approximate surface area is 95.2 Å². The van der Waals surface area contributed by atoms with Crippen LogP contribution in [0.25, 0.3) is 5.52 Å². The molecule has 1 N–H and O–H groups in total. The first-order valence-electron chi connectivity index (χ1n) is 5.31. The minimum absolute atomic E-state index is 0.323. The lowest BCUT2D eigenvalue weighted by Gasteiger charge is -2.24. The van der Waals surface area contributed by atoms with Crippen molar-refractivity contribution >= 4 is 5.52 Å². The van der Waals surface area contributed by atoms with Crippen molar-refractivity contribution in [3.8, 4) is 0 Å². The molecule has 1 aliphatic heterocycles. The Morgan fingerprint density at radius 1 is 1.29 bits per heavy atom. The van der Waals surface area contributed by atoms with E-state index < -0.39 is 11.7 Å². The topological polar surface area (TPSA) is 29.3 Å². The van der Waals surface area contributed by atoms with Gasteiger partial charge < -0.3 is 5.32 Å². The SMILES string of the molecule is FC(F)(F)c1ccn2nc(C3CNC3)cc2c1. The zero-order valence-corrected chi connectivity index (χ0v) is 8.83. The highest BCUT2D eigenvalue weighted by molar-refractivity contribution is 5.51. The number of pyridine rings is 1. The van der Waals surface area contributed by atoms with Crippen LogP contribution in [0.2, 0.25) is 0 Å². The fourth-order valence-corrected chi connectivity index (χ4v) is 1.89. The monoisotopic (exact) mass is 241 g/mol. The van der Waals surface area contributed by atoms with Crippen LogP contribution in [0, 0.1) is 0 Å². The van der Waals surface area contributed by atoms with Gasteiger partial charge in [-0.05, 0) is 18.2 Å². The average molecular weight is 241 g/mol. The molecule has 0 spiro atoms. The van der Waals surface area contributed by atoms with Gasteiger partial charge in [-0.3, -0.25) is 0 Å². The molecule has 0 aromatic carbocycles. The van der Waals surface area contributed by atoms with E-state index >= 15 is 0 Å². The van der Waals surface area contributed by atoms with Gasteiger partial charge >= 0.3 is 6.18 Å². The molecule has 0 bridgehead atoms. The molecule has 3 rings (SSSR count). The van der Waals surface area contributed by atoms with Gasteiger partial charge in [0.15, 0.2) is 0 Å². The number of halogens is 3. The van der Waals surface area contributed by atoms with Crippen LogP contribution >= 0.6 is 0 Å². The van der Waals surface area contributed by atoms with Gasteiger partial charge in [0, 0.05) is 25.2 Å². The van der Waals surface area contributed by atoms with Crippen molar-refractivity contribution < 1.29 is 13.2 Å². The minimum atomic E-state index is -4.30. The molecule has 3 heterocycles. The molecule has 6 heteroatoms. The molecule has 17 heavy (non-hydrogen) atoms. The summed E-state index contributed by atoms with van der Waals surface area (Å²) in [5, 5.41) is 7.38. The predicted molar refractivity (Wildman–Crippen MR) is 55.8 cm³/mol. The standard InChI is InChI=1S/C11H10F3N3/c12-11(13,14)8-1-2-17-9(3-8)4-10(16-17)7-5-15-6-7/h1-4,7,15H,5-6H2. The number of hydrogen-bond acceptors (Lipinski definition) is 2. The number of fused-ring (bicyclic) bond motifs is 1. The fraction of sp³-hybridized carbons (Fsp3) is 0.364. The lowest BCUT2D eigenvalue weighted by Crippen LogP contribution is -2.40. The van der Waals surface area contributed by atoms with E-state index in [4.69, 9.17) is 0 Å². The normalized spacial score (nSPS) is 17.4. The van der Waals surface area contributed by atoms with Crippen LogP contribution in [0.4, 0.5) is 13.2 Å². The van der Waals surface area contributed by atoms with Crippen molar-refractivity contribution in [1.82, 2.24) is 14.9 Å². The van der Waals surface area contributed by atoms with Gasteiger partial charge in [0.25, 0.3) is 0 Å². The molecule has 2 aromatic rings. The molecule has 3 nitrogen and oxygen atoms in total. The van der Waals surface area contributed by atoms with E-state index in [2.05, 4.69) is 10.4 Å². The Morgan fingerprint density at radius 3 is 2.65 bits per heavy atom. The molecule has 90 valence electrons. The van der Waals surface area contributed by atoms with E-state index in [0.717, 1.165) is 30.9 Å². The highest BCUT2D eigenvalue weighted by Gasteiger charge is 2.31. The van der Waals surface area contributed by atoms with E-state index in [1.165, 1.54) is 10.7 Å². The van der Waals surface area contributed by atoms with Crippen LogP contribution in [0.1, 0.15) is 17.2 Å². The Morgan fingerprint density at radius 2 is 2.06 bits per heavy atom. The Hall–Kier alpha value is -1.56. The molecule has 0 amide bonds. The van der Waals surface area contributed by atoms with Crippen molar-refractivity contribution in [2.75, 3.05) is 13.1 Å². The van der Waals surface area contributed by atoms with Gasteiger partial charge in [-0.2, -0.15) is 18.3 Å². The molecule has 1 saturated heterocycles. The molecule has 0 aliphatic carbocycles. The van der Waals surface area contributed by atoms with Crippen molar-refractivity contribution in [3.05, 3.63) is 35.7 Å². The molecule has 0 radical (unpaired) electrons. The van der Waals surface area contributed by atoms with Crippen LogP contribution in [0.15, 0.2) is 24.4 Å². The summed E-state index contributed by atoms with van der Waals surface area (Å²) in [6.07, 6.45) is -2.95. The summed E-state index contributed by atoms with van der Waals surface area (Å²) >= 11 is 0. The molecule has 2 aromatic heterocycles. The molecule has 1 aliphatic rings. The van der Waals surface area contributed by atoms with E-state index in [-0.39, 0.29) is 0 Å². The van der Waals surface area contributed by atoms with Crippen LogP contribution in [-0.4, -0.2) is 22.7 Å². The third-order valence-electron chi connectivity index (χ3n) is 3.01. The summed E-state index contributed by atoms with van der Waals surface area (Å²) in [7, 11) is 0. The van der Waals surface area contributed by atoms with Crippen molar-refractivity contribution in [3.63, 3.8) is 0 Å². The van der Waals surface area contributed by atoms with Crippen LogP contribution < -0.4 is 5.32 Å². The lowest BCUT2D eigenvalue weighted by atomic mass is 9.99. The van der Waals surface area contributed by atoms with E-state index in [0.29, 0.717) is 11.4 Å². The maximum Gasteiger partial charge on any atom is 0.416 e. The molecular formula is C11H10F3N3. The highest BCUT2D eigenvalue weighted by atomic mass is 19.4. The maximum absolute atomic E-state index is 12.5. The van der Waals surface area contributed by atoms with E-state index in [9.17, 15) is 13.2 Å². The Bertz CT molecular complexity index is 555. The van der Waals surface area contributed by atoms with Crippen LogP contribution in [0.3, 0.4) is 0 Å². The zero-order valence-electron chi connectivity index (χ0n) is 8.83. The first kappa shape index (κ1) is 10.6. The Balaban J connectivity index is 2.04. The first-order chi connectivity index (χ1) is 8.04. The average Bonchev–Trinajstić information content (AvgIpc) is 2.54. The number of nitrogens with one attached hydrogen (secondary N) is 1. The van der Waals surface area contributed by atoms with Gasteiger partial charge in [-0.25, -0.2) is 4.52 Å². The third-order valence-corrected chi connectivity index (χ3v) is 3.01. The quantitative estimate of drug-likeness (QED) is 0.827. The Kier molecular flexibility index (Phi) is 2.16. The van der Waals surface area contributed by atoms with Crippen LogP contribution in [0.5, 0.6) is 0 Å². The summed E-state index contributed by atoms with van der Waals surface area (Å²) in [5.41, 5.74) is 0.702. The molecule has 0 saturated carbocycles. The number of alkyl halides is 3. The number of rotatable bonds is 1. The van der Waals surface area contributed by atoms with E-state index in [1.54, 1.807) is 6.07 Å². The number of hydrogen-bond donors (Lipinski definition) is 1. The van der Waals surface area contributed by atoms with Gasteiger partial charge in [0.1, 0.15) is 0 Å². The van der Waals surface area contributed by atoms with Gasteiger partial charge in [0.05, 0.1) is 16.8 Å². The lowest BCUT2D eigenvalue weighted by molar-refractivity contribution is -0.137. The number of aromatic nitrogens is 2. The zero-order chi connectivity index (χ0) is 12.0. The van der Waals surface area contributed by atoms with E-state index in [1.807, 2.05) is 0 Å². The molecule has 1 fully saturated rings. The first-order valence-corrected chi connectivity index (χ1v) is 5.31. The number of nitrogens with zero attached hydrogens (tertiary/aromatic N) is 2. The van der Waals surface area contributed by atoms with Crippen LogP contribution in [-0.2, 0) is 6.18 Å². The molecular weight excluding hydrogens is 231 g/mol. The summed E-state index contributed by atoms with van der Waals surface area (Å²) in [6.45, 7) is 1.69. The maximum atomic E-state index is 12.5. The second-order valence-electron chi connectivity index (χ2n) is 4.21. The second-order valence-corrected chi connectivity index (χ2v) is 4.21. The van der Waals surface area contributed by atoms with Crippen molar-refractivity contribution in [1.29, 1.82) is 0 Å². The van der Waals surface area contributed by atoms with Crippen molar-refractivity contribution in [2.45, 2.75) is 12.1 Å². The summed E-state index contributed by atoms with van der Waals surface area (Å²) in [5.74, 6) is 0.323. The summed E-state index contributed by atoms with van der Waals surface area (Å²) in [4.78, 5) is 0. The summed E-state index contributed by atoms with van der Waals surface area (Å²) < 4.78 is 39.0. The smallest absolute Gasteiger partial charge is 0.315 e. The fourth-order valence-electron chi connectivity index (χ4n) is 1.89. The largest absolute Gasteiger partial charge is 0.416 e. The second kappa shape index (κ2) is 3.46. The van der Waals surface area contributed by atoms with Crippen molar-refractivity contribution in [2.24, 2.45) is 0 Å². The predicted octanol–water partition coefficient (Wildman–Crippen LogP) is 2.04. The molecule has 0 atom stereocenters. The molecule has 0 unspecified atom stereocenters. The highest BCUT2D eigenvalue weighted by Crippen LogP contribution is 2.30. The minimum Gasteiger partial charge on any atom is -0.315 e. The summed E-state index contributed by atoms with van der Waals surface area (Å²) in [6, 6.07) is 3.89. The third kappa shape index (κ3) is 1.78. The van der Waals surface area contributed by atoms with Gasteiger partial charge in [-0.15, -0.1) is 0 Å².